The quantitative estimate of drug-likeness (QED) is 0.818. The van der Waals surface area contributed by atoms with E-state index in [1.54, 1.807) is 7.11 Å². The Balaban J connectivity index is 1.74. The Morgan fingerprint density at radius 3 is 2.63 bits per heavy atom. The lowest BCUT2D eigenvalue weighted by Crippen LogP contribution is -2.28. The Kier molecular flexibility index (Phi) is 3.76. The zero-order chi connectivity index (χ0) is 13.2. The van der Waals surface area contributed by atoms with Crippen molar-refractivity contribution < 1.29 is 4.74 Å². The van der Waals surface area contributed by atoms with Crippen molar-refractivity contribution in [2.75, 3.05) is 13.7 Å². The van der Waals surface area contributed by atoms with Gasteiger partial charge in [-0.3, -0.25) is 4.90 Å². The Morgan fingerprint density at radius 1 is 1.26 bits per heavy atom. The zero-order valence-electron chi connectivity index (χ0n) is 11.8. The highest BCUT2D eigenvalue weighted by Crippen LogP contribution is 2.36. The highest BCUT2D eigenvalue weighted by molar-refractivity contribution is 5.37. The van der Waals surface area contributed by atoms with E-state index in [2.05, 4.69) is 23.1 Å². The van der Waals surface area contributed by atoms with Gasteiger partial charge in [0.2, 0.25) is 0 Å². The summed E-state index contributed by atoms with van der Waals surface area (Å²) in [6.45, 7) is 2.88. The minimum Gasteiger partial charge on any atom is -0.496 e. The average molecular weight is 260 g/mol. The van der Waals surface area contributed by atoms with Crippen molar-refractivity contribution in [1.29, 1.82) is 0 Å². The second kappa shape index (κ2) is 5.51. The van der Waals surface area contributed by atoms with Crippen LogP contribution < -0.4 is 10.5 Å². The van der Waals surface area contributed by atoms with E-state index in [4.69, 9.17) is 10.5 Å². The van der Waals surface area contributed by atoms with E-state index < -0.39 is 0 Å². The Bertz CT molecular complexity index is 438. The molecule has 2 aliphatic carbocycles. The summed E-state index contributed by atoms with van der Waals surface area (Å²) in [5.41, 5.74) is 8.23. The summed E-state index contributed by atoms with van der Waals surface area (Å²) < 4.78 is 5.50. The molecule has 0 unspecified atom stereocenters. The van der Waals surface area contributed by atoms with Gasteiger partial charge in [-0.2, -0.15) is 0 Å². The molecule has 104 valence electrons. The third kappa shape index (κ3) is 3.28. The lowest BCUT2D eigenvalue weighted by molar-refractivity contribution is 0.240. The lowest BCUT2D eigenvalue weighted by atomic mass is 10.1. The SMILES string of the molecule is COc1ccc(CN)cc1CN(CC1CC1)C1CC1. The summed E-state index contributed by atoms with van der Waals surface area (Å²) in [4.78, 5) is 2.65. The molecule has 0 aliphatic heterocycles. The van der Waals surface area contributed by atoms with Crippen LogP contribution in [-0.4, -0.2) is 24.6 Å². The number of rotatable bonds is 7. The second-order valence-corrected chi connectivity index (χ2v) is 5.95. The fourth-order valence-corrected chi connectivity index (χ4v) is 2.72. The fourth-order valence-electron chi connectivity index (χ4n) is 2.72. The van der Waals surface area contributed by atoms with Crippen LogP contribution in [0.5, 0.6) is 5.75 Å². The van der Waals surface area contributed by atoms with Gasteiger partial charge in [0.25, 0.3) is 0 Å². The highest BCUT2D eigenvalue weighted by Gasteiger charge is 2.33. The van der Waals surface area contributed by atoms with Crippen molar-refractivity contribution in [3.8, 4) is 5.75 Å². The molecule has 0 radical (unpaired) electrons. The molecule has 3 rings (SSSR count). The van der Waals surface area contributed by atoms with Crippen molar-refractivity contribution in [1.82, 2.24) is 4.90 Å². The van der Waals surface area contributed by atoms with Gasteiger partial charge in [0.15, 0.2) is 0 Å². The molecule has 3 nitrogen and oxygen atoms in total. The summed E-state index contributed by atoms with van der Waals surface area (Å²) in [7, 11) is 1.75. The van der Waals surface area contributed by atoms with Crippen molar-refractivity contribution in [3.63, 3.8) is 0 Å². The monoisotopic (exact) mass is 260 g/mol. The predicted octanol–water partition coefficient (Wildman–Crippen LogP) is 2.53. The third-order valence-corrected chi connectivity index (χ3v) is 4.21. The number of nitrogens with zero attached hydrogens (tertiary/aromatic N) is 1. The normalized spacial score (nSPS) is 18.9. The van der Waals surface area contributed by atoms with Gasteiger partial charge in [-0.1, -0.05) is 6.07 Å². The summed E-state index contributed by atoms with van der Waals surface area (Å²) >= 11 is 0. The van der Waals surface area contributed by atoms with Crippen molar-refractivity contribution in [3.05, 3.63) is 29.3 Å². The van der Waals surface area contributed by atoms with Gasteiger partial charge in [0, 0.05) is 31.2 Å². The number of ether oxygens (including phenoxy) is 1. The van der Waals surface area contributed by atoms with Crippen LogP contribution in [0.25, 0.3) is 0 Å². The van der Waals surface area contributed by atoms with Crippen LogP contribution >= 0.6 is 0 Å². The highest BCUT2D eigenvalue weighted by atomic mass is 16.5. The first-order chi connectivity index (χ1) is 9.30. The van der Waals surface area contributed by atoms with Crippen LogP contribution in [0.1, 0.15) is 36.8 Å². The van der Waals surface area contributed by atoms with E-state index in [-0.39, 0.29) is 0 Å². The first-order valence-electron chi connectivity index (χ1n) is 7.40. The second-order valence-electron chi connectivity index (χ2n) is 5.95. The molecule has 1 aromatic carbocycles. The van der Waals surface area contributed by atoms with E-state index in [0.29, 0.717) is 6.54 Å². The molecule has 3 heteroatoms. The summed E-state index contributed by atoms with van der Waals surface area (Å²) in [5, 5.41) is 0. The maximum absolute atomic E-state index is 5.75. The van der Waals surface area contributed by atoms with Gasteiger partial charge < -0.3 is 10.5 Å². The molecule has 0 amide bonds. The maximum atomic E-state index is 5.75. The van der Waals surface area contributed by atoms with E-state index >= 15 is 0 Å². The molecule has 0 heterocycles. The van der Waals surface area contributed by atoms with Crippen LogP contribution in [-0.2, 0) is 13.1 Å². The number of benzene rings is 1. The molecular weight excluding hydrogens is 236 g/mol. The van der Waals surface area contributed by atoms with Gasteiger partial charge >= 0.3 is 0 Å². The Labute approximate surface area is 115 Å². The standard InChI is InChI=1S/C16H24N2O/c1-19-16-7-4-13(9-17)8-14(16)11-18(15-5-6-15)10-12-2-3-12/h4,7-8,12,15H,2-3,5-6,9-11,17H2,1H3. The topological polar surface area (TPSA) is 38.5 Å². The van der Waals surface area contributed by atoms with Gasteiger partial charge in [-0.05, 0) is 49.3 Å². The van der Waals surface area contributed by atoms with Crippen LogP contribution in [0.4, 0.5) is 0 Å². The van der Waals surface area contributed by atoms with E-state index in [1.807, 2.05) is 0 Å². The van der Waals surface area contributed by atoms with Crippen molar-refractivity contribution >= 4 is 0 Å². The molecule has 2 N–H and O–H groups in total. The molecule has 2 saturated carbocycles. The maximum Gasteiger partial charge on any atom is 0.123 e. The number of methoxy groups -OCH3 is 1. The summed E-state index contributed by atoms with van der Waals surface area (Å²) in [5.74, 6) is 1.95. The molecule has 0 aromatic heterocycles. The minimum absolute atomic E-state index is 0.600. The summed E-state index contributed by atoms with van der Waals surface area (Å²) in [6, 6.07) is 7.14. The molecule has 1 aromatic rings. The van der Waals surface area contributed by atoms with E-state index in [1.165, 1.54) is 43.4 Å². The minimum atomic E-state index is 0.600. The zero-order valence-corrected chi connectivity index (χ0v) is 11.8. The number of nitrogens with two attached hydrogens (primary N) is 1. The van der Waals surface area contributed by atoms with Gasteiger partial charge in [0.1, 0.15) is 5.75 Å². The van der Waals surface area contributed by atoms with Crippen LogP contribution in [0.15, 0.2) is 18.2 Å². The molecule has 19 heavy (non-hydrogen) atoms. The largest absolute Gasteiger partial charge is 0.496 e. The van der Waals surface area contributed by atoms with Gasteiger partial charge in [0.05, 0.1) is 7.11 Å². The molecular formula is C16H24N2O. The van der Waals surface area contributed by atoms with Crippen molar-refractivity contribution in [2.24, 2.45) is 11.7 Å². The molecule has 0 spiro atoms. The molecule has 0 bridgehead atoms. The Hall–Kier alpha value is -1.06. The van der Waals surface area contributed by atoms with Crippen LogP contribution in [0.3, 0.4) is 0 Å². The van der Waals surface area contributed by atoms with E-state index in [0.717, 1.165) is 24.3 Å². The van der Waals surface area contributed by atoms with Crippen LogP contribution in [0.2, 0.25) is 0 Å². The third-order valence-electron chi connectivity index (χ3n) is 4.21. The number of hydrogen-bond acceptors (Lipinski definition) is 3. The molecule has 0 atom stereocenters. The van der Waals surface area contributed by atoms with Crippen LogP contribution in [0, 0.1) is 5.92 Å². The molecule has 0 saturated heterocycles. The van der Waals surface area contributed by atoms with Crippen molar-refractivity contribution in [2.45, 2.75) is 44.8 Å². The summed E-state index contributed by atoms with van der Waals surface area (Å²) in [6.07, 6.45) is 5.57. The van der Waals surface area contributed by atoms with Gasteiger partial charge in [-0.25, -0.2) is 0 Å². The smallest absolute Gasteiger partial charge is 0.123 e. The average Bonchev–Trinajstić information content (AvgIpc) is 3.29. The molecule has 2 fully saturated rings. The van der Waals surface area contributed by atoms with Gasteiger partial charge in [-0.15, -0.1) is 0 Å². The fraction of sp³-hybridized carbons (Fsp3) is 0.625. The predicted molar refractivity (Wildman–Crippen MR) is 77.0 cm³/mol. The lowest BCUT2D eigenvalue weighted by Gasteiger charge is -2.23. The first kappa shape index (κ1) is 12.9. The molecule has 2 aliphatic rings. The Morgan fingerprint density at radius 2 is 2.05 bits per heavy atom. The number of hydrogen-bond donors (Lipinski definition) is 1. The first-order valence-corrected chi connectivity index (χ1v) is 7.40. The van der Waals surface area contributed by atoms with E-state index in [9.17, 15) is 0 Å².